The van der Waals surface area contributed by atoms with E-state index in [-0.39, 0.29) is 18.0 Å². The van der Waals surface area contributed by atoms with Crippen molar-refractivity contribution in [1.82, 2.24) is 24.5 Å². The van der Waals surface area contributed by atoms with Gasteiger partial charge in [0.15, 0.2) is 0 Å². The van der Waals surface area contributed by atoms with Crippen molar-refractivity contribution in [3.8, 4) is 5.69 Å². The molecule has 140 valence electrons. The van der Waals surface area contributed by atoms with Crippen LogP contribution in [0.15, 0.2) is 35.3 Å². The average molecular weight is 388 g/mol. The van der Waals surface area contributed by atoms with Crippen LogP contribution < -0.4 is 5.56 Å². The highest BCUT2D eigenvalue weighted by atomic mass is 35.5. The third-order valence-electron chi connectivity index (χ3n) is 4.57. The van der Waals surface area contributed by atoms with Crippen LogP contribution >= 0.6 is 11.6 Å². The summed E-state index contributed by atoms with van der Waals surface area (Å²) in [7, 11) is 0. The first kappa shape index (κ1) is 17.7. The molecule has 0 bridgehead atoms. The first-order valence-corrected chi connectivity index (χ1v) is 8.99. The van der Waals surface area contributed by atoms with Gasteiger partial charge in [-0.2, -0.15) is 10.2 Å². The lowest BCUT2D eigenvalue weighted by molar-refractivity contribution is -0.136. The lowest BCUT2D eigenvalue weighted by Gasteiger charge is -2.26. The predicted molar refractivity (Wildman–Crippen MR) is 100 cm³/mol. The number of amides is 1. The van der Waals surface area contributed by atoms with E-state index in [9.17, 15) is 9.59 Å². The molecule has 3 heterocycles. The van der Waals surface area contributed by atoms with Gasteiger partial charge in [-0.15, -0.1) is 0 Å². The Hall–Kier alpha value is -2.71. The van der Waals surface area contributed by atoms with Gasteiger partial charge in [-0.05, 0) is 25.1 Å². The van der Waals surface area contributed by atoms with Crippen LogP contribution in [0.3, 0.4) is 0 Å². The summed E-state index contributed by atoms with van der Waals surface area (Å²) in [5, 5.41) is 9.83. The molecule has 1 aliphatic heterocycles. The van der Waals surface area contributed by atoms with Crippen LogP contribution in [0.2, 0.25) is 5.02 Å². The minimum absolute atomic E-state index is 0.115. The van der Waals surface area contributed by atoms with Crippen molar-refractivity contribution in [3.05, 3.63) is 51.5 Å². The van der Waals surface area contributed by atoms with Crippen molar-refractivity contribution in [1.29, 1.82) is 0 Å². The largest absolute Gasteiger partial charge is 0.378 e. The van der Waals surface area contributed by atoms with E-state index < -0.39 is 0 Å². The smallest absolute Gasteiger partial charge is 0.293 e. The number of carbonyl (C=O) groups excluding carboxylic acids is 1. The maximum Gasteiger partial charge on any atom is 0.293 e. The van der Waals surface area contributed by atoms with Crippen LogP contribution in [0.1, 0.15) is 5.69 Å². The summed E-state index contributed by atoms with van der Waals surface area (Å²) < 4.78 is 8.01. The van der Waals surface area contributed by atoms with E-state index >= 15 is 0 Å². The third kappa shape index (κ3) is 3.33. The fraction of sp³-hybridized carbons (Fsp3) is 0.333. The molecule has 8 nitrogen and oxygen atoms in total. The minimum atomic E-state index is -0.366. The number of halogens is 1. The Labute approximate surface area is 159 Å². The quantitative estimate of drug-likeness (QED) is 0.678. The summed E-state index contributed by atoms with van der Waals surface area (Å²) >= 11 is 6.07. The van der Waals surface area contributed by atoms with Crippen LogP contribution in [-0.4, -0.2) is 56.7 Å². The predicted octanol–water partition coefficient (Wildman–Crippen LogP) is 1.40. The molecular formula is C18H18ClN5O3. The number of rotatable bonds is 3. The lowest BCUT2D eigenvalue weighted by atomic mass is 10.2. The number of morpholine rings is 1. The number of carbonyl (C=O) groups is 1. The summed E-state index contributed by atoms with van der Waals surface area (Å²) in [5.74, 6) is -0.152. The van der Waals surface area contributed by atoms with Crippen LogP contribution in [-0.2, 0) is 16.1 Å². The summed E-state index contributed by atoms with van der Waals surface area (Å²) in [6.45, 7) is 3.74. The fourth-order valence-corrected chi connectivity index (χ4v) is 3.36. The molecule has 1 amide bonds. The highest BCUT2D eigenvalue weighted by molar-refractivity contribution is 6.30. The molecule has 0 radical (unpaired) electrons. The van der Waals surface area contributed by atoms with Crippen molar-refractivity contribution in [2.75, 3.05) is 26.3 Å². The van der Waals surface area contributed by atoms with Crippen molar-refractivity contribution < 1.29 is 9.53 Å². The van der Waals surface area contributed by atoms with E-state index in [1.165, 1.54) is 9.36 Å². The number of aromatic nitrogens is 4. The van der Waals surface area contributed by atoms with Gasteiger partial charge in [0.05, 0.1) is 30.8 Å². The molecule has 1 aromatic carbocycles. The highest BCUT2D eigenvalue weighted by Crippen LogP contribution is 2.19. The topological polar surface area (TPSA) is 82.2 Å². The van der Waals surface area contributed by atoms with Gasteiger partial charge in [-0.3, -0.25) is 9.59 Å². The molecule has 1 saturated heterocycles. The standard InChI is InChI=1S/C18H18ClN5O3/c1-12-15-10-20-24(14-4-2-3-13(19)9-14)17(15)18(26)23(21-12)11-16(25)22-5-7-27-8-6-22/h2-4,9-10H,5-8,11H2,1H3. The number of benzene rings is 1. The number of aryl methyl sites for hydroxylation is 1. The Bertz CT molecular complexity index is 1070. The number of hydrogen-bond donors (Lipinski definition) is 0. The first-order chi connectivity index (χ1) is 13.0. The molecule has 1 aliphatic rings. The zero-order valence-electron chi connectivity index (χ0n) is 14.8. The average Bonchev–Trinajstić information content (AvgIpc) is 3.12. The molecule has 0 unspecified atom stereocenters. The SMILES string of the molecule is Cc1nn(CC(=O)N2CCOCC2)c(=O)c2c1cnn2-c1cccc(Cl)c1. The van der Waals surface area contributed by atoms with Gasteiger partial charge >= 0.3 is 0 Å². The normalized spacial score (nSPS) is 14.7. The van der Waals surface area contributed by atoms with E-state index in [0.29, 0.717) is 53.6 Å². The maximum absolute atomic E-state index is 13.1. The van der Waals surface area contributed by atoms with E-state index in [0.717, 1.165) is 0 Å². The summed E-state index contributed by atoms with van der Waals surface area (Å²) in [6, 6.07) is 7.09. The van der Waals surface area contributed by atoms with Crippen LogP contribution in [0.25, 0.3) is 16.6 Å². The van der Waals surface area contributed by atoms with Crippen LogP contribution in [0, 0.1) is 6.92 Å². The molecule has 2 aromatic heterocycles. The Morgan fingerprint density at radius 1 is 1.30 bits per heavy atom. The summed E-state index contributed by atoms with van der Waals surface area (Å²) in [5.41, 5.74) is 1.31. The van der Waals surface area contributed by atoms with E-state index in [4.69, 9.17) is 16.3 Å². The molecule has 27 heavy (non-hydrogen) atoms. The van der Waals surface area contributed by atoms with E-state index in [1.54, 1.807) is 36.2 Å². The Kier molecular flexibility index (Phi) is 4.67. The van der Waals surface area contributed by atoms with Crippen molar-refractivity contribution in [3.63, 3.8) is 0 Å². The van der Waals surface area contributed by atoms with Gasteiger partial charge in [0.2, 0.25) is 5.91 Å². The van der Waals surface area contributed by atoms with Gasteiger partial charge in [0.25, 0.3) is 5.56 Å². The Balaban J connectivity index is 1.76. The minimum Gasteiger partial charge on any atom is -0.378 e. The second-order valence-corrected chi connectivity index (χ2v) is 6.78. The van der Waals surface area contributed by atoms with Gasteiger partial charge in [0.1, 0.15) is 12.1 Å². The summed E-state index contributed by atoms with van der Waals surface area (Å²) in [6.07, 6.45) is 1.61. The Morgan fingerprint density at radius 3 is 2.81 bits per heavy atom. The van der Waals surface area contributed by atoms with E-state index in [2.05, 4.69) is 10.2 Å². The number of ether oxygens (including phenoxy) is 1. The van der Waals surface area contributed by atoms with Crippen LogP contribution in [0.5, 0.6) is 0 Å². The molecule has 0 aliphatic carbocycles. The third-order valence-corrected chi connectivity index (χ3v) is 4.80. The highest BCUT2D eigenvalue weighted by Gasteiger charge is 2.20. The van der Waals surface area contributed by atoms with Crippen molar-refractivity contribution >= 4 is 28.4 Å². The number of hydrogen-bond acceptors (Lipinski definition) is 5. The van der Waals surface area contributed by atoms with Crippen LogP contribution in [0.4, 0.5) is 0 Å². The van der Waals surface area contributed by atoms with Gasteiger partial charge in [-0.25, -0.2) is 9.36 Å². The molecule has 0 N–H and O–H groups in total. The molecule has 1 fully saturated rings. The van der Waals surface area contributed by atoms with Gasteiger partial charge in [0, 0.05) is 23.5 Å². The first-order valence-electron chi connectivity index (χ1n) is 8.61. The molecule has 9 heteroatoms. The molecule has 0 atom stereocenters. The second-order valence-electron chi connectivity index (χ2n) is 6.34. The molecule has 0 spiro atoms. The zero-order chi connectivity index (χ0) is 19.0. The van der Waals surface area contributed by atoms with Crippen molar-refractivity contribution in [2.24, 2.45) is 0 Å². The number of nitrogens with zero attached hydrogens (tertiary/aromatic N) is 5. The summed E-state index contributed by atoms with van der Waals surface area (Å²) in [4.78, 5) is 27.3. The second kappa shape index (κ2) is 7.13. The fourth-order valence-electron chi connectivity index (χ4n) is 3.17. The van der Waals surface area contributed by atoms with Crippen molar-refractivity contribution in [2.45, 2.75) is 13.5 Å². The Morgan fingerprint density at radius 2 is 2.07 bits per heavy atom. The monoisotopic (exact) mass is 387 g/mol. The van der Waals surface area contributed by atoms with Gasteiger partial charge in [-0.1, -0.05) is 17.7 Å². The molecule has 3 aromatic rings. The van der Waals surface area contributed by atoms with Gasteiger partial charge < -0.3 is 9.64 Å². The molecule has 4 rings (SSSR count). The maximum atomic E-state index is 13.1. The molecule has 0 saturated carbocycles. The number of fused-ring (bicyclic) bond motifs is 1. The zero-order valence-corrected chi connectivity index (χ0v) is 15.5. The molecular weight excluding hydrogens is 370 g/mol. The van der Waals surface area contributed by atoms with E-state index in [1.807, 2.05) is 6.07 Å². The lowest BCUT2D eigenvalue weighted by Crippen LogP contribution is -2.44.